The van der Waals surface area contributed by atoms with Crippen LogP contribution in [0.25, 0.3) is 11.1 Å². The minimum atomic E-state index is -0.265. The molecule has 1 aliphatic heterocycles. The smallest absolute Gasteiger partial charge is 0.253 e. The van der Waals surface area contributed by atoms with Gasteiger partial charge in [-0.1, -0.05) is 48.5 Å². The molecule has 0 bridgehead atoms. The average molecular weight is 414 g/mol. The molecule has 1 fully saturated rings. The summed E-state index contributed by atoms with van der Waals surface area (Å²) in [6, 6.07) is 21.5. The molecule has 0 N–H and O–H groups in total. The molecule has 0 aliphatic carbocycles. The molecular formula is C26H27N3O2. The lowest BCUT2D eigenvalue weighted by molar-refractivity contribution is -0.134. The highest BCUT2D eigenvalue weighted by molar-refractivity contribution is 5.94. The van der Waals surface area contributed by atoms with E-state index in [1.807, 2.05) is 71.5 Å². The van der Waals surface area contributed by atoms with Crippen molar-refractivity contribution in [3.63, 3.8) is 0 Å². The third-order valence-electron chi connectivity index (χ3n) is 5.84. The van der Waals surface area contributed by atoms with Crippen molar-refractivity contribution in [2.24, 2.45) is 5.92 Å². The highest BCUT2D eigenvalue weighted by Crippen LogP contribution is 2.23. The summed E-state index contributed by atoms with van der Waals surface area (Å²) in [4.78, 5) is 34.2. The summed E-state index contributed by atoms with van der Waals surface area (Å²) in [5.41, 5.74) is 3.88. The normalized spacial score (nSPS) is 16.8. The Morgan fingerprint density at radius 2 is 1.81 bits per heavy atom. The molecule has 1 atom stereocenters. The van der Waals surface area contributed by atoms with E-state index in [1.165, 1.54) is 0 Å². The highest BCUT2D eigenvalue weighted by atomic mass is 16.2. The van der Waals surface area contributed by atoms with Gasteiger partial charge in [-0.3, -0.25) is 14.6 Å². The van der Waals surface area contributed by atoms with Crippen molar-refractivity contribution >= 4 is 11.8 Å². The number of benzene rings is 2. The van der Waals surface area contributed by atoms with E-state index in [4.69, 9.17) is 0 Å². The quantitative estimate of drug-likeness (QED) is 0.637. The van der Waals surface area contributed by atoms with Crippen molar-refractivity contribution in [3.05, 3.63) is 90.3 Å². The molecule has 2 aromatic carbocycles. The van der Waals surface area contributed by atoms with Crippen LogP contribution in [0.5, 0.6) is 0 Å². The Kier molecular flexibility index (Phi) is 6.41. The van der Waals surface area contributed by atoms with E-state index in [0.29, 0.717) is 38.2 Å². The van der Waals surface area contributed by atoms with Crippen LogP contribution in [0, 0.1) is 5.92 Å². The summed E-state index contributed by atoms with van der Waals surface area (Å²) in [7, 11) is 0. The van der Waals surface area contributed by atoms with Crippen molar-refractivity contribution in [2.45, 2.75) is 13.3 Å². The van der Waals surface area contributed by atoms with Crippen LogP contribution in [0.1, 0.15) is 22.8 Å². The van der Waals surface area contributed by atoms with Crippen molar-refractivity contribution in [1.29, 1.82) is 0 Å². The van der Waals surface area contributed by atoms with E-state index in [2.05, 4.69) is 23.2 Å². The Labute approximate surface area is 183 Å². The van der Waals surface area contributed by atoms with Crippen molar-refractivity contribution < 1.29 is 9.59 Å². The van der Waals surface area contributed by atoms with E-state index >= 15 is 0 Å². The molecule has 31 heavy (non-hydrogen) atoms. The Hall–Kier alpha value is -3.47. The number of rotatable bonds is 5. The summed E-state index contributed by atoms with van der Waals surface area (Å²) < 4.78 is 0. The molecule has 1 saturated heterocycles. The van der Waals surface area contributed by atoms with E-state index in [0.717, 1.165) is 16.7 Å². The number of hydrogen-bond acceptors (Lipinski definition) is 3. The fraction of sp³-hybridized carbons (Fsp3) is 0.269. The SMILES string of the molecule is CCN1CCN(C(=O)c2ccccc2)C[C@H](Cc2cccc(-c3cccnc3)c2)C1=O. The second kappa shape index (κ2) is 9.56. The maximum absolute atomic E-state index is 13.2. The first-order chi connectivity index (χ1) is 15.2. The van der Waals surface area contributed by atoms with Crippen LogP contribution < -0.4 is 0 Å². The summed E-state index contributed by atoms with van der Waals surface area (Å²) in [6.45, 7) is 4.20. The number of aromatic nitrogens is 1. The Bertz CT molecular complexity index is 1040. The van der Waals surface area contributed by atoms with Crippen molar-refractivity contribution in [2.75, 3.05) is 26.2 Å². The van der Waals surface area contributed by atoms with Gasteiger partial charge in [0.25, 0.3) is 5.91 Å². The first-order valence-electron chi connectivity index (χ1n) is 10.8. The number of pyridine rings is 1. The Morgan fingerprint density at radius 1 is 1.00 bits per heavy atom. The minimum absolute atomic E-state index is 0.0135. The van der Waals surface area contributed by atoms with Gasteiger partial charge in [0, 0.05) is 44.1 Å². The lowest BCUT2D eigenvalue weighted by Gasteiger charge is -2.24. The second-order valence-corrected chi connectivity index (χ2v) is 7.88. The number of hydrogen-bond donors (Lipinski definition) is 0. The lowest BCUT2D eigenvalue weighted by atomic mass is 9.95. The van der Waals surface area contributed by atoms with Crippen molar-refractivity contribution in [3.8, 4) is 11.1 Å². The molecule has 4 rings (SSSR count). The summed E-state index contributed by atoms with van der Waals surface area (Å²) in [5, 5.41) is 0. The standard InChI is InChI=1S/C26H27N3O2/c1-2-28-14-15-29(25(30)21-9-4-3-5-10-21)19-24(26(28)31)17-20-8-6-11-22(16-20)23-12-7-13-27-18-23/h3-13,16,18,24H,2,14-15,17,19H2,1H3/t24-/m0/s1. The van der Waals surface area contributed by atoms with Gasteiger partial charge in [0.1, 0.15) is 0 Å². The van der Waals surface area contributed by atoms with Crippen LogP contribution >= 0.6 is 0 Å². The predicted molar refractivity (Wildman–Crippen MR) is 121 cm³/mol. The predicted octanol–water partition coefficient (Wildman–Crippen LogP) is 3.91. The molecule has 3 aromatic rings. The fourth-order valence-corrected chi connectivity index (χ4v) is 4.15. The largest absolute Gasteiger partial charge is 0.341 e. The van der Waals surface area contributed by atoms with E-state index < -0.39 is 0 Å². The van der Waals surface area contributed by atoms with E-state index in [1.54, 1.807) is 6.20 Å². The lowest BCUT2D eigenvalue weighted by Crippen LogP contribution is -2.37. The van der Waals surface area contributed by atoms with Gasteiger partial charge in [0.15, 0.2) is 0 Å². The van der Waals surface area contributed by atoms with Gasteiger partial charge in [-0.2, -0.15) is 0 Å². The van der Waals surface area contributed by atoms with E-state index in [9.17, 15) is 9.59 Å². The monoisotopic (exact) mass is 413 g/mol. The summed E-state index contributed by atoms with van der Waals surface area (Å²) >= 11 is 0. The van der Waals surface area contributed by atoms with Crippen LogP contribution in [0.15, 0.2) is 79.1 Å². The number of amides is 2. The molecule has 2 amide bonds. The second-order valence-electron chi connectivity index (χ2n) is 7.88. The zero-order valence-electron chi connectivity index (χ0n) is 17.8. The summed E-state index contributed by atoms with van der Waals surface area (Å²) in [6.07, 6.45) is 4.20. The highest BCUT2D eigenvalue weighted by Gasteiger charge is 2.32. The molecule has 1 aliphatic rings. The van der Waals surface area contributed by atoms with Gasteiger partial charge in [-0.15, -0.1) is 0 Å². The maximum atomic E-state index is 13.2. The number of nitrogens with zero attached hydrogens (tertiary/aromatic N) is 3. The molecule has 0 radical (unpaired) electrons. The van der Waals surface area contributed by atoms with E-state index in [-0.39, 0.29) is 17.7 Å². The van der Waals surface area contributed by atoms with Crippen molar-refractivity contribution in [1.82, 2.24) is 14.8 Å². The first-order valence-corrected chi connectivity index (χ1v) is 10.8. The van der Waals surface area contributed by atoms with Gasteiger partial charge >= 0.3 is 0 Å². The zero-order valence-corrected chi connectivity index (χ0v) is 17.8. The van der Waals surface area contributed by atoms with Crippen LogP contribution in [-0.4, -0.2) is 52.8 Å². The van der Waals surface area contributed by atoms with Crippen LogP contribution in [-0.2, 0) is 11.2 Å². The zero-order chi connectivity index (χ0) is 21.6. The molecule has 0 spiro atoms. The third-order valence-corrected chi connectivity index (χ3v) is 5.84. The maximum Gasteiger partial charge on any atom is 0.253 e. The van der Waals surface area contributed by atoms with Crippen LogP contribution in [0.4, 0.5) is 0 Å². The van der Waals surface area contributed by atoms with Gasteiger partial charge in [0.2, 0.25) is 5.91 Å². The number of carbonyl (C=O) groups is 2. The molecular weight excluding hydrogens is 386 g/mol. The minimum Gasteiger partial charge on any atom is -0.341 e. The first kappa shape index (κ1) is 20.8. The molecule has 0 unspecified atom stereocenters. The Morgan fingerprint density at radius 3 is 2.55 bits per heavy atom. The molecule has 5 heteroatoms. The Balaban J connectivity index is 1.57. The molecule has 158 valence electrons. The number of carbonyl (C=O) groups excluding carboxylic acids is 2. The van der Waals surface area contributed by atoms with Crippen LogP contribution in [0.2, 0.25) is 0 Å². The average Bonchev–Trinajstić information content (AvgIpc) is 2.98. The van der Waals surface area contributed by atoms with Gasteiger partial charge in [-0.05, 0) is 48.2 Å². The molecule has 0 saturated carbocycles. The molecule has 1 aromatic heterocycles. The molecule has 5 nitrogen and oxygen atoms in total. The fourth-order valence-electron chi connectivity index (χ4n) is 4.15. The van der Waals surface area contributed by atoms with Gasteiger partial charge in [-0.25, -0.2) is 0 Å². The summed E-state index contributed by atoms with van der Waals surface area (Å²) in [5.74, 6) is -0.155. The number of likely N-dealkylation sites (N-methyl/N-ethyl adjacent to an activating group) is 1. The topological polar surface area (TPSA) is 53.5 Å². The third kappa shape index (κ3) is 4.82. The van der Waals surface area contributed by atoms with Gasteiger partial charge < -0.3 is 9.80 Å². The van der Waals surface area contributed by atoms with Crippen LogP contribution in [0.3, 0.4) is 0 Å². The molecule has 2 heterocycles. The van der Waals surface area contributed by atoms with Gasteiger partial charge in [0.05, 0.1) is 5.92 Å².